The minimum absolute atomic E-state index is 0.0430. The van der Waals surface area contributed by atoms with Gasteiger partial charge in [0.1, 0.15) is 12.1 Å². The van der Waals surface area contributed by atoms with Crippen LogP contribution in [0.5, 0.6) is 0 Å². The third kappa shape index (κ3) is 4.51. The first-order valence-corrected chi connectivity index (χ1v) is 11.9. The lowest BCUT2D eigenvalue weighted by molar-refractivity contribution is -0.133. The number of halogens is 2. The van der Waals surface area contributed by atoms with E-state index in [9.17, 15) is 22.8 Å². The second-order valence-corrected chi connectivity index (χ2v) is 10.9. The molecule has 0 spiro atoms. The number of amides is 4. The molecule has 2 aromatic rings. The Morgan fingerprint density at radius 1 is 1.22 bits per heavy atom. The van der Waals surface area contributed by atoms with Gasteiger partial charge in [-0.05, 0) is 42.8 Å². The fourth-order valence-corrected chi connectivity index (χ4v) is 4.63. The van der Waals surface area contributed by atoms with E-state index in [0.717, 1.165) is 13.7 Å². The van der Waals surface area contributed by atoms with Crippen molar-refractivity contribution in [3.05, 3.63) is 57.5 Å². The van der Waals surface area contributed by atoms with Crippen LogP contribution < -0.4 is 10.6 Å². The molecule has 3 rings (SSSR count). The number of carbonyl (C=O) groups excluding carboxylic acids is 3. The number of anilines is 1. The molecule has 9 nitrogen and oxygen atoms in total. The Bertz CT molecular complexity index is 1220. The Hall–Kier alpha value is -2.47. The van der Waals surface area contributed by atoms with E-state index < -0.39 is 40.0 Å². The van der Waals surface area contributed by atoms with E-state index in [2.05, 4.69) is 26.6 Å². The summed E-state index contributed by atoms with van der Waals surface area (Å²) in [5, 5.41) is 5.20. The van der Waals surface area contributed by atoms with Crippen LogP contribution in [0.3, 0.4) is 0 Å². The molecule has 2 N–H and O–H groups in total. The molecule has 2 aromatic carbocycles. The molecule has 0 bridgehead atoms. The number of nitrogens with zero attached hydrogens (tertiary/aromatic N) is 2. The first-order valence-electron chi connectivity index (χ1n) is 9.28. The van der Waals surface area contributed by atoms with Gasteiger partial charge in [0.05, 0.1) is 15.6 Å². The van der Waals surface area contributed by atoms with Crippen LogP contribution in [0, 0.1) is 0 Å². The summed E-state index contributed by atoms with van der Waals surface area (Å²) in [6.45, 7) is 0.981. The molecule has 1 atom stereocenters. The van der Waals surface area contributed by atoms with Crippen molar-refractivity contribution in [2.45, 2.75) is 17.4 Å². The summed E-state index contributed by atoms with van der Waals surface area (Å²) >= 11 is 9.43. The normalized spacial score (nSPS) is 18.8. The van der Waals surface area contributed by atoms with Crippen molar-refractivity contribution in [3.63, 3.8) is 0 Å². The second kappa shape index (κ2) is 8.81. The van der Waals surface area contributed by atoms with Crippen molar-refractivity contribution in [1.82, 2.24) is 14.5 Å². The van der Waals surface area contributed by atoms with Gasteiger partial charge in [0, 0.05) is 18.6 Å². The summed E-state index contributed by atoms with van der Waals surface area (Å²) in [6, 6.07) is 10.1. The lowest BCUT2D eigenvalue weighted by Crippen LogP contribution is -2.42. The molecule has 0 radical (unpaired) electrons. The number of nitrogens with one attached hydrogen (secondary N) is 2. The number of sulfonamides is 1. The molecule has 4 amide bonds. The summed E-state index contributed by atoms with van der Waals surface area (Å²) in [6.07, 6.45) is 0. The average molecular weight is 544 g/mol. The Kier molecular flexibility index (Phi) is 6.66. The van der Waals surface area contributed by atoms with E-state index in [-0.39, 0.29) is 15.6 Å². The average Bonchev–Trinajstić information content (AvgIpc) is 2.93. The van der Waals surface area contributed by atoms with Crippen molar-refractivity contribution in [2.24, 2.45) is 0 Å². The lowest BCUT2D eigenvalue weighted by Gasteiger charge is -2.22. The van der Waals surface area contributed by atoms with E-state index in [0.29, 0.717) is 5.56 Å². The van der Waals surface area contributed by atoms with Crippen LogP contribution in [0.15, 0.2) is 51.8 Å². The minimum atomic E-state index is -3.75. The van der Waals surface area contributed by atoms with Gasteiger partial charge in [-0.1, -0.05) is 39.7 Å². The standard InChI is InChI=1S/C20H20BrClN4O5S/c1-20(12-5-4-6-13(21)9-12)18(28)26(19(29)24-20)11-17(27)23-16-10-14(7-8-15(16)22)32(30,31)25(2)3/h4-10H,11H2,1-3H3,(H,23,27)(H,24,29). The summed E-state index contributed by atoms with van der Waals surface area (Å²) in [4.78, 5) is 38.8. The van der Waals surface area contributed by atoms with Gasteiger partial charge in [0.15, 0.2) is 0 Å². The summed E-state index contributed by atoms with van der Waals surface area (Å²) in [7, 11) is -0.996. The van der Waals surface area contributed by atoms with Gasteiger partial charge < -0.3 is 10.6 Å². The minimum Gasteiger partial charge on any atom is -0.323 e. The van der Waals surface area contributed by atoms with Gasteiger partial charge in [-0.25, -0.2) is 17.5 Å². The predicted octanol–water partition coefficient (Wildman–Crippen LogP) is 2.76. The van der Waals surface area contributed by atoms with Crippen LogP contribution in [0.4, 0.5) is 10.5 Å². The molecule has 170 valence electrons. The van der Waals surface area contributed by atoms with E-state index in [1.807, 2.05) is 0 Å². The van der Waals surface area contributed by atoms with E-state index in [4.69, 9.17) is 11.6 Å². The zero-order valence-electron chi connectivity index (χ0n) is 17.3. The number of carbonyl (C=O) groups is 3. The SMILES string of the molecule is CN(C)S(=O)(=O)c1ccc(Cl)c(NC(=O)CN2C(=O)NC(C)(c3cccc(Br)c3)C2=O)c1. The van der Waals surface area contributed by atoms with Gasteiger partial charge in [0.25, 0.3) is 5.91 Å². The van der Waals surface area contributed by atoms with Gasteiger partial charge in [-0.2, -0.15) is 0 Å². The number of hydrogen-bond donors (Lipinski definition) is 2. The van der Waals surface area contributed by atoms with E-state index in [1.165, 1.54) is 32.3 Å². The Morgan fingerprint density at radius 2 is 1.91 bits per heavy atom. The highest BCUT2D eigenvalue weighted by Crippen LogP contribution is 2.31. The van der Waals surface area contributed by atoms with Crippen molar-refractivity contribution in [3.8, 4) is 0 Å². The van der Waals surface area contributed by atoms with Crippen molar-refractivity contribution < 1.29 is 22.8 Å². The summed E-state index contributed by atoms with van der Waals surface area (Å²) < 4.78 is 26.4. The molecule has 1 saturated heterocycles. The molecule has 1 aliphatic heterocycles. The molecule has 0 aromatic heterocycles. The van der Waals surface area contributed by atoms with Crippen LogP contribution in [-0.4, -0.2) is 56.1 Å². The number of benzene rings is 2. The molecule has 32 heavy (non-hydrogen) atoms. The number of urea groups is 1. The zero-order chi connectivity index (χ0) is 23.8. The molecule has 1 unspecified atom stereocenters. The first-order chi connectivity index (χ1) is 14.9. The predicted molar refractivity (Wildman–Crippen MR) is 123 cm³/mol. The highest BCUT2D eigenvalue weighted by molar-refractivity contribution is 9.10. The summed E-state index contributed by atoms with van der Waals surface area (Å²) in [5.41, 5.74) is -0.738. The quantitative estimate of drug-likeness (QED) is 0.544. The Balaban J connectivity index is 1.80. The molecule has 1 fully saturated rings. The van der Waals surface area contributed by atoms with Gasteiger partial charge >= 0.3 is 6.03 Å². The molecular weight excluding hydrogens is 524 g/mol. The smallest absolute Gasteiger partial charge is 0.323 e. The Labute approximate surface area is 198 Å². The van der Waals surface area contributed by atoms with Crippen LogP contribution in [0.25, 0.3) is 0 Å². The summed E-state index contributed by atoms with van der Waals surface area (Å²) in [5.74, 6) is -1.31. The van der Waals surface area contributed by atoms with Crippen LogP contribution in [-0.2, 0) is 25.2 Å². The van der Waals surface area contributed by atoms with Crippen molar-refractivity contribution >= 4 is 61.1 Å². The maximum Gasteiger partial charge on any atom is 0.325 e. The highest BCUT2D eigenvalue weighted by Gasteiger charge is 2.49. The monoisotopic (exact) mass is 542 g/mol. The number of imide groups is 1. The van der Waals surface area contributed by atoms with Crippen molar-refractivity contribution in [2.75, 3.05) is 26.0 Å². The number of hydrogen-bond acceptors (Lipinski definition) is 5. The molecular formula is C20H20BrClN4O5S. The third-order valence-electron chi connectivity index (χ3n) is 4.97. The maximum atomic E-state index is 13.0. The first kappa shape index (κ1) is 24.2. The largest absolute Gasteiger partial charge is 0.325 e. The van der Waals surface area contributed by atoms with Crippen LogP contribution in [0.1, 0.15) is 12.5 Å². The van der Waals surface area contributed by atoms with Crippen molar-refractivity contribution in [1.29, 1.82) is 0 Å². The maximum absolute atomic E-state index is 13.0. The lowest BCUT2D eigenvalue weighted by atomic mass is 9.92. The fraction of sp³-hybridized carbons (Fsp3) is 0.250. The highest BCUT2D eigenvalue weighted by atomic mass is 79.9. The van der Waals surface area contributed by atoms with Gasteiger partial charge in [-0.3, -0.25) is 14.5 Å². The van der Waals surface area contributed by atoms with Crippen LogP contribution >= 0.6 is 27.5 Å². The second-order valence-electron chi connectivity index (χ2n) is 7.43. The van der Waals surface area contributed by atoms with E-state index in [1.54, 1.807) is 31.2 Å². The molecule has 0 aliphatic carbocycles. The number of rotatable bonds is 6. The Morgan fingerprint density at radius 3 is 2.53 bits per heavy atom. The topological polar surface area (TPSA) is 116 Å². The molecule has 1 heterocycles. The zero-order valence-corrected chi connectivity index (χ0v) is 20.5. The van der Waals surface area contributed by atoms with Gasteiger partial charge in [0.2, 0.25) is 15.9 Å². The molecule has 1 aliphatic rings. The van der Waals surface area contributed by atoms with Crippen LogP contribution in [0.2, 0.25) is 5.02 Å². The van der Waals surface area contributed by atoms with E-state index >= 15 is 0 Å². The fourth-order valence-electron chi connectivity index (χ4n) is 3.14. The molecule has 0 saturated carbocycles. The third-order valence-corrected chi connectivity index (χ3v) is 7.60. The van der Waals surface area contributed by atoms with Gasteiger partial charge in [-0.15, -0.1) is 0 Å². The molecule has 12 heteroatoms.